The van der Waals surface area contributed by atoms with Gasteiger partial charge in [0, 0.05) is 12.0 Å². The Balaban J connectivity index is 2.60. The summed E-state index contributed by atoms with van der Waals surface area (Å²) >= 11 is 1.54. The Labute approximate surface area is 88.4 Å². The summed E-state index contributed by atoms with van der Waals surface area (Å²) in [6.07, 6.45) is -0.364. The first-order chi connectivity index (χ1) is 6.39. The molecule has 1 rings (SSSR count). The Hall–Kier alpha value is -0.680. The molecule has 0 amide bonds. The SMILES string of the molecule is CC(O)CNc1nnc(C(C)(C)C)s1. The van der Waals surface area contributed by atoms with Crippen molar-refractivity contribution in [2.75, 3.05) is 11.9 Å². The highest BCUT2D eigenvalue weighted by molar-refractivity contribution is 7.15. The van der Waals surface area contributed by atoms with E-state index in [9.17, 15) is 0 Å². The lowest BCUT2D eigenvalue weighted by atomic mass is 9.98. The molecule has 1 atom stereocenters. The summed E-state index contributed by atoms with van der Waals surface area (Å²) in [5, 5.41) is 22.0. The maximum atomic E-state index is 9.07. The first kappa shape index (κ1) is 11.4. The van der Waals surface area contributed by atoms with Crippen LogP contribution >= 0.6 is 11.3 Å². The summed E-state index contributed by atoms with van der Waals surface area (Å²) < 4.78 is 0. The van der Waals surface area contributed by atoms with Gasteiger partial charge >= 0.3 is 0 Å². The number of aromatic nitrogens is 2. The van der Waals surface area contributed by atoms with Crippen LogP contribution in [-0.2, 0) is 5.41 Å². The van der Waals surface area contributed by atoms with Crippen LogP contribution in [0.25, 0.3) is 0 Å². The van der Waals surface area contributed by atoms with Gasteiger partial charge in [-0.05, 0) is 6.92 Å². The summed E-state index contributed by atoms with van der Waals surface area (Å²) in [7, 11) is 0. The van der Waals surface area contributed by atoms with Crippen LogP contribution in [0.2, 0.25) is 0 Å². The fraction of sp³-hybridized carbons (Fsp3) is 0.778. The van der Waals surface area contributed by atoms with E-state index in [2.05, 4.69) is 36.3 Å². The van der Waals surface area contributed by atoms with Crippen LogP contribution in [0.5, 0.6) is 0 Å². The van der Waals surface area contributed by atoms with Gasteiger partial charge in [-0.3, -0.25) is 0 Å². The van der Waals surface area contributed by atoms with Gasteiger partial charge in [0.05, 0.1) is 6.10 Å². The van der Waals surface area contributed by atoms with Crippen LogP contribution in [-0.4, -0.2) is 28.0 Å². The second-order valence-corrected chi connectivity index (χ2v) is 5.37. The Morgan fingerprint density at radius 1 is 1.43 bits per heavy atom. The number of nitrogens with zero attached hydrogens (tertiary/aromatic N) is 2. The first-order valence-electron chi connectivity index (χ1n) is 4.65. The molecule has 4 nitrogen and oxygen atoms in total. The van der Waals surface area contributed by atoms with Crippen molar-refractivity contribution in [3.63, 3.8) is 0 Å². The zero-order valence-electron chi connectivity index (χ0n) is 9.03. The number of hydrogen-bond donors (Lipinski definition) is 2. The summed E-state index contributed by atoms with van der Waals surface area (Å²) in [5.74, 6) is 0. The van der Waals surface area contributed by atoms with Crippen LogP contribution in [0.1, 0.15) is 32.7 Å². The number of aliphatic hydroxyl groups excluding tert-OH is 1. The van der Waals surface area contributed by atoms with E-state index in [4.69, 9.17) is 5.11 Å². The topological polar surface area (TPSA) is 58.0 Å². The minimum absolute atomic E-state index is 0.0441. The smallest absolute Gasteiger partial charge is 0.205 e. The lowest BCUT2D eigenvalue weighted by molar-refractivity contribution is 0.208. The summed E-state index contributed by atoms with van der Waals surface area (Å²) in [6, 6.07) is 0. The molecule has 0 bridgehead atoms. The number of aliphatic hydroxyl groups is 1. The van der Waals surface area contributed by atoms with Crippen molar-refractivity contribution < 1.29 is 5.11 Å². The van der Waals surface area contributed by atoms with Crippen LogP contribution < -0.4 is 5.32 Å². The van der Waals surface area contributed by atoms with Gasteiger partial charge in [-0.1, -0.05) is 32.1 Å². The molecule has 0 radical (unpaired) electrons. The molecule has 0 aliphatic rings. The second kappa shape index (κ2) is 4.23. The summed E-state index contributed by atoms with van der Waals surface area (Å²) in [6.45, 7) is 8.56. The normalized spacial score (nSPS) is 14.1. The van der Waals surface area contributed by atoms with Gasteiger partial charge < -0.3 is 10.4 Å². The predicted octanol–water partition coefficient (Wildman–Crippen LogP) is 1.63. The van der Waals surface area contributed by atoms with E-state index >= 15 is 0 Å². The maximum absolute atomic E-state index is 9.07. The number of rotatable bonds is 3. The van der Waals surface area contributed by atoms with Crippen LogP contribution in [0.4, 0.5) is 5.13 Å². The van der Waals surface area contributed by atoms with E-state index in [-0.39, 0.29) is 11.5 Å². The number of hydrogen-bond acceptors (Lipinski definition) is 5. The van der Waals surface area contributed by atoms with Crippen LogP contribution in [0, 0.1) is 0 Å². The van der Waals surface area contributed by atoms with Crippen LogP contribution in [0.3, 0.4) is 0 Å². The van der Waals surface area contributed by atoms with E-state index in [1.54, 1.807) is 6.92 Å². The van der Waals surface area contributed by atoms with Crippen molar-refractivity contribution in [3.05, 3.63) is 5.01 Å². The molecule has 0 fully saturated rings. The largest absolute Gasteiger partial charge is 0.392 e. The van der Waals surface area contributed by atoms with Crippen molar-refractivity contribution in [2.24, 2.45) is 0 Å². The molecule has 0 aliphatic heterocycles. The highest BCUT2D eigenvalue weighted by Gasteiger charge is 2.19. The van der Waals surface area contributed by atoms with Crippen LogP contribution in [0.15, 0.2) is 0 Å². The molecular formula is C9H17N3OS. The van der Waals surface area contributed by atoms with Gasteiger partial charge in [0.25, 0.3) is 0 Å². The van der Waals surface area contributed by atoms with Gasteiger partial charge in [-0.25, -0.2) is 0 Å². The average molecular weight is 215 g/mol. The molecule has 1 heterocycles. The molecule has 0 spiro atoms. The standard InChI is InChI=1S/C9H17N3OS/c1-6(13)5-10-8-12-11-7(14-8)9(2,3)4/h6,13H,5H2,1-4H3,(H,10,12). The maximum Gasteiger partial charge on any atom is 0.205 e. The molecule has 0 saturated heterocycles. The fourth-order valence-corrected chi connectivity index (χ4v) is 1.64. The summed E-state index contributed by atoms with van der Waals surface area (Å²) in [5.41, 5.74) is 0.0441. The number of anilines is 1. The monoisotopic (exact) mass is 215 g/mol. The molecular weight excluding hydrogens is 198 g/mol. The molecule has 0 aliphatic carbocycles. The quantitative estimate of drug-likeness (QED) is 0.804. The molecule has 80 valence electrons. The molecule has 2 N–H and O–H groups in total. The molecule has 1 aromatic rings. The van der Waals surface area contributed by atoms with E-state index in [1.165, 1.54) is 11.3 Å². The van der Waals surface area contributed by atoms with Crippen molar-refractivity contribution in [2.45, 2.75) is 39.2 Å². The van der Waals surface area contributed by atoms with Gasteiger partial charge in [0.1, 0.15) is 5.01 Å². The Bertz CT molecular complexity index is 290. The van der Waals surface area contributed by atoms with E-state index in [0.717, 1.165) is 10.1 Å². The van der Waals surface area contributed by atoms with Crippen molar-refractivity contribution in [1.82, 2.24) is 10.2 Å². The molecule has 0 saturated carbocycles. The molecule has 5 heteroatoms. The highest BCUT2D eigenvalue weighted by atomic mass is 32.1. The Morgan fingerprint density at radius 3 is 2.50 bits per heavy atom. The van der Waals surface area contributed by atoms with Crippen molar-refractivity contribution in [3.8, 4) is 0 Å². The highest BCUT2D eigenvalue weighted by Crippen LogP contribution is 2.27. The molecule has 14 heavy (non-hydrogen) atoms. The predicted molar refractivity (Wildman–Crippen MR) is 58.8 cm³/mol. The Kier molecular flexibility index (Phi) is 3.44. The van der Waals surface area contributed by atoms with Gasteiger partial charge in [0.2, 0.25) is 5.13 Å². The minimum atomic E-state index is -0.364. The van der Waals surface area contributed by atoms with Gasteiger partial charge in [-0.2, -0.15) is 0 Å². The van der Waals surface area contributed by atoms with Crippen molar-refractivity contribution >= 4 is 16.5 Å². The van der Waals surface area contributed by atoms with E-state index in [1.807, 2.05) is 0 Å². The third kappa shape index (κ3) is 3.23. The van der Waals surface area contributed by atoms with Gasteiger partial charge in [0.15, 0.2) is 0 Å². The lowest BCUT2D eigenvalue weighted by Gasteiger charge is -2.12. The zero-order valence-corrected chi connectivity index (χ0v) is 9.85. The minimum Gasteiger partial charge on any atom is -0.392 e. The number of nitrogens with one attached hydrogen (secondary N) is 1. The third-order valence-electron chi connectivity index (χ3n) is 1.62. The molecule has 0 aromatic carbocycles. The van der Waals surface area contributed by atoms with Gasteiger partial charge in [-0.15, -0.1) is 10.2 Å². The van der Waals surface area contributed by atoms with Crippen molar-refractivity contribution in [1.29, 1.82) is 0 Å². The first-order valence-corrected chi connectivity index (χ1v) is 5.47. The third-order valence-corrected chi connectivity index (χ3v) is 2.92. The lowest BCUT2D eigenvalue weighted by Crippen LogP contribution is -2.15. The van der Waals surface area contributed by atoms with E-state index in [0.29, 0.717) is 6.54 Å². The Morgan fingerprint density at radius 2 is 2.07 bits per heavy atom. The average Bonchev–Trinajstić information content (AvgIpc) is 2.47. The zero-order chi connectivity index (χ0) is 10.8. The molecule has 1 aromatic heterocycles. The molecule has 1 unspecified atom stereocenters. The fourth-order valence-electron chi connectivity index (χ4n) is 0.833. The summed E-state index contributed by atoms with van der Waals surface area (Å²) in [4.78, 5) is 0. The van der Waals surface area contributed by atoms with E-state index < -0.39 is 0 Å². The second-order valence-electron chi connectivity index (χ2n) is 4.39.